The van der Waals surface area contributed by atoms with Crippen molar-refractivity contribution in [3.05, 3.63) is 0 Å². The van der Waals surface area contributed by atoms with Gasteiger partial charge in [-0.3, -0.25) is 71.9 Å². The summed E-state index contributed by atoms with van der Waals surface area (Å²) >= 11 is 0. The average molecular weight is 1050 g/mol. The molecule has 0 spiro atoms. The van der Waals surface area contributed by atoms with E-state index in [1.807, 2.05) is 0 Å². The first kappa shape index (κ1) is 64.5. The van der Waals surface area contributed by atoms with Crippen LogP contribution in [0.5, 0.6) is 0 Å². The van der Waals surface area contributed by atoms with Gasteiger partial charge in [0, 0.05) is 51.4 Å². The van der Waals surface area contributed by atoms with Gasteiger partial charge in [-0.1, -0.05) is 0 Å². The highest BCUT2D eigenvalue weighted by molar-refractivity contribution is 5.98. The molecular formula is C40H66N16O17. The number of hydrogen-bond donors (Lipinski definition) is 17. The molecule has 0 aliphatic rings. The maximum atomic E-state index is 13.9. The maximum Gasteiger partial charge on any atom is 0.326 e. The van der Waals surface area contributed by atoms with E-state index in [9.17, 15) is 81.8 Å². The number of aliphatic carboxylic acids is 1. The van der Waals surface area contributed by atoms with Crippen molar-refractivity contribution in [2.75, 3.05) is 0 Å². The molecule has 0 aliphatic heterocycles. The summed E-state index contributed by atoms with van der Waals surface area (Å²) in [5.41, 5.74) is 47.6. The summed E-state index contributed by atoms with van der Waals surface area (Å²) < 4.78 is 0. The molecule has 0 aromatic carbocycles. The molecule has 15 amide bonds. The largest absolute Gasteiger partial charge is 0.480 e. The molecule has 0 radical (unpaired) electrons. The van der Waals surface area contributed by atoms with Gasteiger partial charge in [0.15, 0.2) is 0 Å². The Morgan fingerprint density at radius 3 is 0.589 bits per heavy atom. The molecule has 0 rings (SSSR count). The van der Waals surface area contributed by atoms with Crippen molar-refractivity contribution in [1.82, 2.24) is 37.2 Å². The SMILES string of the molecule is NC(=O)CC[C@H](NC(=O)[C@H](CCC(N)=O)NC(=O)[C@H](CCC(N)=O)NC(=O)[C@H](CCC(N)=O)NC(=O)[C@@H](N)CCC(N)=O)C(=O)N[C@@H](CCC(N)=O)C(=O)N[C@@H](CCC(N)=O)C(=O)N[13C@@H](CCC(N)=O)[13C](=O)O. The Morgan fingerprint density at radius 1 is 0.260 bits per heavy atom. The van der Waals surface area contributed by atoms with Crippen LogP contribution in [0.2, 0.25) is 0 Å². The van der Waals surface area contributed by atoms with Crippen LogP contribution >= 0.6 is 0 Å². The smallest absolute Gasteiger partial charge is 0.326 e. The Balaban J connectivity index is 6.91. The van der Waals surface area contributed by atoms with E-state index in [-0.39, 0.29) is 12.8 Å². The third kappa shape index (κ3) is 28.7. The summed E-state index contributed by atoms with van der Waals surface area (Å²) in [6.07, 6.45) is -8.44. The number of primary amides is 8. The van der Waals surface area contributed by atoms with Crippen molar-refractivity contribution in [3.63, 3.8) is 0 Å². The van der Waals surface area contributed by atoms with Crippen molar-refractivity contribution in [3.8, 4) is 0 Å². The van der Waals surface area contributed by atoms with Gasteiger partial charge in [0.05, 0.1) is 6.04 Å². The quantitative estimate of drug-likeness (QED) is 0.0254. The highest BCUT2D eigenvalue weighted by Gasteiger charge is 2.35. The van der Waals surface area contributed by atoms with E-state index >= 15 is 0 Å². The van der Waals surface area contributed by atoms with Crippen molar-refractivity contribution in [1.29, 1.82) is 0 Å². The second kappa shape index (κ2) is 33.1. The standard InChI is InChI=1S/C40H66N16O17/c41-17(1-9-25(42)57)33(65)50-18(2-10-26(43)58)34(66)51-19(3-11-27(44)59)35(67)52-20(4-12-28(45)60)36(68)53-21(5-13-29(46)61)37(69)54-22(6-14-30(47)62)38(70)55-23(7-15-31(48)63)39(71)56-24(40(72)73)8-16-32(49)64/h17-24H,1-16,41H2,(H2,42,57)(H2,43,58)(H2,44,59)(H2,45,60)(H2,46,61)(H2,47,62)(H2,48,63)(H2,49,64)(H,50,65)(H,51,66)(H,52,67)(H,53,68)(H,54,69)(H,55,70)(H,56,71)(H,72,73)/t17-,18-,19-,20-,21-,22-,23-,24-/m0/s1/i24+1,40+1. The van der Waals surface area contributed by atoms with Gasteiger partial charge < -0.3 is 93.9 Å². The van der Waals surface area contributed by atoms with Crippen molar-refractivity contribution in [2.24, 2.45) is 51.6 Å². The summed E-state index contributed by atoms with van der Waals surface area (Å²) in [5.74, 6) is -17.6. The third-order valence-corrected chi connectivity index (χ3v) is 10.2. The van der Waals surface area contributed by atoms with Crippen LogP contribution in [0.15, 0.2) is 0 Å². The zero-order chi connectivity index (χ0) is 56.1. The van der Waals surface area contributed by atoms with Crippen LogP contribution in [0.4, 0.5) is 0 Å². The normalized spacial score (nSPS) is 14.0. The number of carboxylic acid groups (broad SMARTS) is 1. The molecule has 0 saturated heterocycles. The Labute approximate surface area is 415 Å². The van der Waals surface area contributed by atoms with Gasteiger partial charge in [0.25, 0.3) is 0 Å². The number of nitrogens with two attached hydrogens (primary N) is 9. The molecule has 0 aromatic rings. The number of nitrogens with one attached hydrogen (secondary N) is 7. The maximum absolute atomic E-state index is 13.9. The molecule has 0 saturated carbocycles. The fraction of sp³-hybridized carbons (Fsp3) is 0.600. The molecule has 33 heteroatoms. The molecule has 33 nitrogen and oxygen atoms in total. The zero-order valence-corrected chi connectivity index (χ0v) is 39.6. The number of carbonyl (C=O) groups excluding carboxylic acids is 15. The Morgan fingerprint density at radius 2 is 0.411 bits per heavy atom. The highest BCUT2D eigenvalue weighted by Crippen LogP contribution is 2.10. The topological polar surface area (TPSA) is 612 Å². The van der Waals surface area contributed by atoms with Gasteiger partial charge in [0.1, 0.15) is 42.3 Å². The van der Waals surface area contributed by atoms with Crippen LogP contribution < -0.4 is 88.8 Å². The second-order valence-electron chi connectivity index (χ2n) is 16.4. The molecular weight excluding hydrogens is 979 g/mol. The minimum absolute atomic E-state index is 0.249. The molecule has 0 heterocycles. The predicted octanol–water partition coefficient (Wildman–Crippen LogP) is -10.1. The summed E-state index contributed by atoms with van der Waals surface area (Å²) in [6, 6.07) is -13.8. The predicted molar refractivity (Wildman–Crippen MR) is 247 cm³/mol. The van der Waals surface area contributed by atoms with E-state index in [0.29, 0.717) is 0 Å². The fourth-order valence-corrected chi connectivity index (χ4v) is 6.22. The van der Waals surface area contributed by atoms with Crippen LogP contribution in [-0.2, 0) is 76.7 Å². The summed E-state index contributed by atoms with van der Waals surface area (Å²) in [4.78, 5) is 200. The van der Waals surface area contributed by atoms with Gasteiger partial charge in [-0.2, -0.15) is 0 Å². The van der Waals surface area contributed by atoms with Crippen LogP contribution in [0.3, 0.4) is 0 Å². The minimum Gasteiger partial charge on any atom is -0.480 e. The number of rotatable bonds is 39. The Kier molecular flexibility index (Phi) is 29.3. The molecule has 8 atom stereocenters. The molecule has 0 fully saturated rings. The average Bonchev–Trinajstić information content (AvgIpc) is 3.28. The fourth-order valence-electron chi connectivity index (χ4n) is 6.22. The number of hydrogen-bond acceptors (Lipinski definition) is 17. The van der Waals surface area contributed by atoms with Crippen molar-refractivity contribution in [2.45, 2.75) is 151 Å². The lowest BCUT2D eigenvalue weighted by Gasteiger charge is -2.28. The first-order valence-electron chi connectivity index (χ1n) is 22.3. The van der Waals surface area contributed by atoms with E-state index in [4.69, 9.17) is 51.6 Å². The molecule has 0 bridgehead atoms. The van der Waals surface area contributed by atoms with Crippen LogP contribution in [-0.4, -0.2) is 148 Å². The lowest BCUT2D eigenvalue weighted by Crippen LogP contribution is -2.60. The number of carbonyl (C=O) groups is 16. The molecule has 73 heavy (non-hydrogen) atoms. The second-order valence-corrected chi connectivity index (χ2v) is 16.4. The Hall–Kier alpha value is -8.52. The van der Waals surface area contributed by atoms with Crippen LogP contribution in [0.25, 0.3) is 0 Å². The van der Waals surface area contributed by atoms with E-state index in [1.165, 1.54) is 0 Å². The molecule has 0 unspecified atom stereocenters. The molecule has 0 aliphatic carbocycles. The third-order valence-electron chi connectivity index (χ3n) is 10.2. The number of amides is 15. The Bertz CT molecular complexity index is 2090. The van der Waals surface area contributed by atoms with E-state index in [1.54, 1.807) is 0 Å². The van der Waals surface area contributed by atoms with Crippen LogP contribution in [0, 0.1) is 0 Å². The van der Waals surface area contributed by atoms with Crippen molar-refractivity contribution < 1.29 is 81.8 Å². The van der Waals surface area contributed by atoms with Gasteiger partial charge in [-0.05, 0) is 51.4 Å². The summed E-state index contributed by atoms with van der Waals surface area (Å²) in [7, 11) is 0. The lowest BCUT2D eigenvalue weighted by atomic mass is 10.0. The van der Waals surface area contributed by atoms with E-state index in [2.05, 4.69) is 37.2 Å². The van der Waals surface area contributed by atoms with Gasteiger partial charge in [-0.15, -0.1) is 0 Å². The van der Waals surface area contributed by atoms with Crippen LogP contribution in [0.1, 0.15) is 103 Å². The molecule has 26 N–H and O–H groups in total. The summed E-state index contributed by atoms with van der Waals surface area (Å²) in [6.45, 7) is 0. The van der Waals surface area contributed by atoms with Gasteiger partial charge >= 0.3 is 5.97 Å². The van der Waals surface area contributed by atoms with Crippen molar-refractivity contribution >= 4 is 94.6 Å². The summed E-state index contributed by atoms with van der Waals surface area (Å²) in [5, 5.41) is 25.1. The monoisotopic (exact) mass is 1040 g/mol. The first-order chi connectivity index (χ1) is 33.9. The number of carboxylic acids is 1. The molecule has 0 aromatic heterocycles. The van der Waals surface area contributed by atoms with E-state index in [0.717, 1.165) is 0 Å². The highest BCUT2D eigenvalue weighted by atomic mass is 16.5. The van der Waals surface area contributed by atoms with Gasteiger partial charge in [0.2, 0.25) is 88.6 Å². The van der Waals surface area contributed by atoms with E-state index < -0.39 is 233 Å². The zero-order valence-electron chi connectivity index (χ0n) is 39.6. The molecule has 408 valence electrons. The minimum atomic E-state index is -1.86. The lowest BCUT2D eigenvalue weighted by molar-refractivity contribution is -0.143. The van der Waals surface area contributed by atoms with Gasteiger partial charge in [-0.25, -0.2) is 4.79 Å². The first-order valence-corrected chi connectivity index (χ1v) is 22.3.